The first kappa shape index (κ1) is 21.6. The second-order valence-electron chi connectivity index (χ2n) is 6.10. The van der Waals surface area contributed by atoms with Gasteiger partial charge in [-0.25, -0.2) is 4.90 Å². The molecule has 1 saturated heterocycles. The Morgan fingerprint density at radius 3 is 2.50 bits per heavy atom. The Bertz CT molecular complexity index is 1050. The average Bonchev–Trinajstić information content (AvgIpc) is 2.73. The van der Waals surface area contributed by atoms with Crippen LogP contribution in [0, 0.1) is 0 Å². The van der Waals surface area contributed by atoms with Crippen LogP contribution in [0.25, 0.3) is 6.08 Å². The van der Waals surface area contributed by atoms with E-state index in [1.165, 1.54) is 25.2 Å². The quantitative estimate of drug-likeness (QED) is 0.415. The van der Waals surface area contributed by atoms with E-state index in [4.69, 9.17) is 38.0 Å². The van der Waals surface area contributed by atoms with E-state index < -0.39 is 11.8 Å². The van der Waals surface area contributed by atoms with Crippen LogP contribution in [0.5, 0.6) is 17.2 Å². The van der Waals surface area contributed by atoms with Crippen molar-refractivity contribution in [2.24, 2.45) is 0 Å². The van der Waals surface area contributed by atoms with Crippen LogP contribution in [-0.4, -0.2) is 37.8 Å². The Balaban J connectivity index is 2.06. The third-order valence-electron chi connectivity index (χ3n) is 4.28. The molecule has 0 aliphatic carbocycles. The van der Waals surface area contributed by atoms with Gasteiger partial charge in [0.15, 0.2) is 16.6 Å². The van der Waals surface area contributed by atoms with Crippen molar-refractivity contribution in [3.63, 3.8) is 0 Å². The minimum atomic E-state index is -0.611. The maximum Gasteiger partial charge on any atom is 0.270 e. The van der Waals surface area contributed by atoms with Gasteiger partial charge in [0.25, 0.3) is 11.8 Å². The van der Waals surface area contributed by atoms with Crippen molar-refractivity contribution >= 4 is 52.5 Å². The summed E-state index contributed by atoms with van der Waals surface area (Å²) < 4.78 is 16.1. The molecule has 0 atom stereocenters. The Hall–Kier alpha value is -3.10. The van der Waals surface area contributed by atoms with Gasteiger partial charge in [-0.1, -0.05) is 23.7 Å². The summed E-state index contributed by atoms with van der Waals surface area (Å²) in [5.74, 6) is 0.0175. The molecule has 30 heavy (non-hydrogen) atoms. The molecule has 0 aromatic heterocycles. The van der Waals surface area contributed by atoms with E-state index in [0.717, 1.165) is 0 Å². The van der Waals surface area contributed by atoms with Crippen molar-refractivity contribution in [1.29, 1.82) is 0 Å². The van der Waals surface area contributed by atoms with E-state index in [9.17, 15) is 9.59 Å². The fraction of sp³-hybridized carbons (Fsp3) is 0.190. The maximum atomic E-state index is 13.2. The van der Waals surface area contributed by atoms with Gasteiger partial charge in [0, 0.05) is 0 Å². The summed E-state index contributed by atoms with van der Waals surface area (Å²) in [6.45, 7) is 2.23. The Kier molecular flexibility index (Phi) is 6.59. The molecule has 156 valence electrons. The number of nitrogens with zero attached hydrogens (tertiary/aromatic N) is 1. The zero-order valence-corrected chi connectivity index (χ0v) is 18.1. The standard InChI is InChI=1S/C21H19ClN2O5S/c1-4-29-18-14(22)10-12(11-17(18)28-3)9-13-19(25)23-21(30)24(20(13)26)15-7-5-6-8-16(15)27-2/h5-11H,4H2,1-3H3,(H,23,25,30)/b13-9+. The average molecular weight is 447 g/mol. The summed E-state index contributed by atoms with van der Waals surface area (Å²) in [6.07, 6.45) is 1.42. The van der Waals surface area contributed by atoms with Crippen molar-refractivity contribution in [1.82, 2.24) is 5.32 Å². The largest absolute Gasteiger partial charge is 0.495 e. The number of carbonyl (C=O) groups is 2. The molecule has 0 spiro atoms. The van der Waals surface area contributed by atoms with Crippen LogP contribution in [-0.2, 0) is 9.59 Å². The van der Waals surface area contributed by atoms with Crippen LogP contribution in [0.3, 0.4) is 0 Å². The smallest absolute Gasteiger partial charge is 0.270 e. The van der Waals surface area contributed by atoms with Gasteiger partial charge in [-0.2, -0.15) is 0 Å². The number of halogens is 1. The number of rotatable bonds is 6. The van der Waals surface area contributed by atoms with Gasteiger partial charge in [0.1, 0.15) is 11.3 Å². The summed E-state index contributed by atoms with van der Waals surface area (Å²) >= 11 is 11.5. The summed E-state index contributed by atoms with van der Waals surface area (Å²) in [5.41, 5.74) is 0.798. The van der Waals surface area contributed by atoms with E-state index in [-0.39, 0.29) is 10.7 Å². The van der Waals surface area contributed by atoms with E-state index in [1.807, 2.05) is 6.92 Å². The second kappa shape index (κ2) is 9.15. The highest BCUT2D eigenvalue weighted by Gasteiger charge is 2.35. The van der Waals surface area contributed by atoms with E-state index in [2.05, 4.69) is 5.32 Å². The number of hydrogen-bond acceptors (Lipinski definition) is 6. The van der Waals surface area contributed by atoms with Crippen LogP contribution in [0.15, 0.2) is 42.0 Å². The van der Waals surface area contributed by atoms with Gasteiger partial charge in [-0.3, -0.25) is 14.9 Å². The summed E-state index contributed by atoms with van der Waals surface area (Å²) in [5, 5.41) is 2.80. The van der Waals surface area contributed by atoms with Crippen molar-refractivity contribution in [3.05, 3.63) is 52.6 Å². The topological polar surface area (TPSA) is 77.1 Å². The second-order valence-corrected chi connectivity index (χ2v) is 6.89. The van der Waals surface area contributed by atoms with E-state index in [0.29, 0.717) is 40.1 Å². The maximum absolute atomic E-state index is 13.2. The summed E-state index contributed by atoms with van der Waals surface area (Å²) in [7, 11) is 2.96. The molecule has 3 rings (SSSR count). The lowest BCUT2D eigenvalue weighted by molar-refractivity contribution is -0.122. The Morgan fingerprint density at radius 2 is 1.83 bits per heavy atom. The van der Waals surface area contributed by atoms with Crippen LogP contribution in [0.1, 0.15) is 12.5 Å². The number of amides is 2. The van der Waals surface area contributed by atoms with Gasteiger partial charge >= 0.3 is 0 Å². The van der Waals surface area contributed by atoms with Crippen LogP contribution in [0.4, 0.5) is 5.69 Å². The zero-order chi connectivity index (χ0) is 21.8. The monoisotopic (exact) mass is 446 g/mol. The number of methoxy groups -OCH3 is 2. The van der Waals surface area contributed by atoms with Crippen LogP contribution < -0.4 is 24.4 Å². The minimum absolute atomic E-state index is 0.0334. The molecule has 2 aromatic rings. The predicted octanol–water partition coefficient (Wildman–Crippen LogP) is 3.59. The lowest BCUT2D eigenvalue weighted by atomic mass is 10.1. The molecular weight excluding hydrogens is 428 g/mol. The lowest BCUT2D eigenvalue weighted by Gasteiger charge is -2.29. The first-order valence-electron chi connectivity index (χ1n) is 8.96. The van der Waals surface area contributed by atoms with Crippen molar-refractivity contribution in [3.8, 4) is 17.2 Å². The van der Waals surface area contributed by atoms with Crippen molar-refractivity contribution in [2.75, 3.05) is 25.7 Å². The molecule has 0 unspecified atom stereocenters. The molecule has 1 aliphatic heterocycles. The van der Waals surface area contributed by atoms with Crippen LogP contribution >= 0.6 is 23.8 Å². The molecule has 1 N–H and O–H groups in total. The van der Waals surface area contributed by atoms with Gasteiger partial charge in [0.2, 0.25) is 0 Å². The summed E-state index contributed by atoms with van der Waals surface area (Å²) in [4.78, 5) is 26.9. The van der Waals surface area contributed by atoms with Gasteiger partial charge in [-0.15, -0.1) is 0 Å². The number of thiocarbonyl (C=S) groups is 1. The van der Waals surface area contributed by atoms with Gasteiger partial charge < -0.3 is 14.2 Å². The molecule has 0 bridgehead atoms. The minimum Gasteiger partial charge on any atom is -0.495 e. The molecule has 1 heterocycles. The highest BCUT2D eigenvalue weighted by Crippen LogP contribution is 2.37. The highest BCUT2D eigenvalue weighted by atomic mass is 35.5. The lowest BCUT2D eigenvalue weighted by Crippen LogP contribution is -2.54. The van der Waals surface area contributed by atoms with Gasteiger partial charge in [-0.05, 0) is 55.0 Å². The Morgan fingerprint density at radius 1 is 1.13 bits per heavy atom. The molecule has 2 aromatic carbocycles. The number of hydrogen-bond donors (Lipinski definition) is 1. The highest BCUT2D eigenvalue weighted by molar-refractivity contribution is 7.80. The fourth-order valence-corrected chi connectivity index (χ4v) is 3.51. The molecule has 0 saturated carbocycles. The molecule has 7 nitrogen and oxygen atoms in total. The van der Waals surface area contributed by atoms with Crippen LogP contribution in [0.2, 0.25) is 5.02 Å². The van der Waals surface area contributed by atoms with Gasteiger partial charge in [0.05, 0.1) is 31.5 Å². The molecule has 0 radical (unpaired) electrons. The van der Waals surface area contributed by atoms with Crippen molar-refractivity contribution < 1.29 is 23.8 Å². The number of para-hydroxylation sites is 2. The van der Waals surface area contributed by atoms with Crippen molar-refractivity contribution in [2.45, 2.75) is 6.92 Å². The molecular formula is C21H19ClN2O5S. The first-order chi connectivity index (χ1) is 14.4. The van der Waals surface area contributed by atoms with E-state index >= 15 is 0 Å². The number of anilines is 1. The zero-order valence-electron chi connectivity index (χ0n) is 16.5. The summed E-state index contributed by atoms with van der Waals surface area (Å²) in [6, 6.07) is 10.1. The Labute approximate surface area is 184 Å². The SMILES string of the molecule is CCOc1c(Cl)cc(/C=C2\C(=O)NC(=S)N(c3ccccc3OC)C2=O)cc1OC. The van der Waals surface area contributed by atoms with E-state index in [1.54, 1.807) is 36.4 Å². The molecule has 1 aliphatic rings. The molecule has 9 heteroatoms. The normalized spacial score (nSPS) is 15.3. The third-order valence-corrected chi connectivity index (χ3v) is 4.84. The first-order valence-corrected chi connectivity index (χ1v) is 9.74. The number of benzene rings is 2. The number of nitrogens with one attached hydrogen (secondary N) is 1. The molecule has 1 fully saturated rings. The molecule has 2 amide bonds. The number of carbonyl (C=O) groups excluding carboxylic acids is 2. The third kappa shape index (κ3) is 4.10. The number of ether oxygens (including phenoxy) is 3. The predicted molar refractivity (Wildman–Crippen MR) is 118 cm³/mol. The fourth-order valence-electron chi connectivity index (χ4n) is 2.96.